The monoisotopic (exact) mass is 305 g/mol. The molecule has 1 aromatic rings. The minimum Gasteiger partial charge on any atom is -0.491 e. The zero-order valence-corrected chi connectivity index (χ0v) is 13.7. The fourth-order valence-corrected chi connectivity index (χ4v) is 3.65. The molecule has 2 heterocycles. The van der Waals surface area contributed by atoms with Crippen LogP contribution >= 0.6 is 0 Å². The molecule has 1 spiro atoms. The van der Waals surface area contributed by atoms with Crippen LogP contribution in [-0.2, 0) is 4.74 Å². The maximum Gasteiger partial charge on any atom is 0.122 e. The summed E-state index contributed by atoms with van der Waals surface area (Å²) in [5.74, 6) is 0.867. The van der Waals surface area contributed by atoms with Crippen molar-refractivity contribution >= 4 is 0 Å². The first-order chi connectivity index (χ1) is 10.6. The van der Waals surface area contributed by atoms with Gasteiger partial charge in [0.2, 0.25) is 0 Å². The van der Waals surface area contributed by atoms with Crippen molar-refractivity contribution in [3.63, 3.8) is 0 Å². The maximum atomic E-state index is 10.2. The Labute approximate surface area is 133 Å². The second-order valence-electron chi connectivity index (χ2n) is 7.02. The minimum absolute atomic E-state index is 0.351. The average Bonchev–Trinajstić information content (AvgIpc) is 3.09. The summed E-state index contributed by atoms with van der Waals surface area (Å²) in [6, 6.07) is 6.13. The number of hydrogen-bond donors (Lipinski definition) is 1. The summed E-state index contributed by atoms with van der Waals surface area (Å²) >= 11 is 0. The highest BCUT2D eigenvalue weighted by molar-refractivity contribution is 5.35. The third-order valence-corrected chi connectivity index (χ3v) is 4.93. The van der Waals surface area contributed by atoms with Gasteiger partial charge in [-0.3, -0.25) is 4.90 Å². The van der Waals surface area contributed by atoms with Crippen LogP contribution in [-0.4, -0.2) is 55.6 Å². The fraction of sp³-hybridized carbons (Fsp3) is 0.667. The van der Waals surface area contributed by atoms with Crippen molar-refractivity contribution in [2.45, 2.75) is 32.8 Å². The van der Waals surface area contributed by atoms with E-state index in [1.54, 1.807) is 0 Å². The summed E-state index contributed by atoms with van der Waals surface area (Å²) in [6.45, 7) is 9.04. The molecule has 0 bridgehead atoms. The molecule has 22 heavy (non-hydrogen) atoms. The van der Waals surface area contributed by atoms with Crippen LogP contribution in [0.15, 0.2) is 18.2 Å². The Hall–Kier alpha value is -1.10. The molecule has 0 amide bonds. The lowest BCUT2D eigenvalue weighted by Gasteiger charge is -2.24. The van der Waals surface area contributed by atoms with Crippen LogP contribution in [0.3, 0.4) is 0 Å². The molecule has 2 aliphatic rings. The Balaban J connectivity index is 1.45. The molecule has 2 atom stereocenters. The summed E-state index contributed by atoms with van der Waals surface area (Å²) < 4.78 is 11.3. The number of ether oxygens (including phenoxy) is 2. The van der Waals surface area contributed by atoms with Gasteiger partial charge in [0.15, 0.2) is 0 Å². The number of β-amino-alcohol motifs (C(OH)–C–C–N with tert-alkyl or cyclic N) is 1. The third-order valence-electron chi connectivity index (χ3n) is 4.93. The van der Waals surface area contributed by atoms with E-state index in [-0.39, 0.29) is 0 Å². The van der Waals surface area contributed by atoms with E-state index < -0.39 is 6.10 Å². The molecule has 0 aromatic heterocycles. The summed E-state index contributed by atoms with van der Waals surface area (Å²) in [4.78, 5) is 2.35. The minimum atomic E-state index is -0.446. The van der Waals surface area contributed by atoms with Crippen molar-refractivity contribution in [2.75, 3.05) is 39.5 Å². The third kappa shape index (κ3) is 3.62. The van der Waals surface area contributed by atoms with Gasteiger partial charge in [-0.1, -0.05) is 17.7 Å². The number of benzene rings is 1. The van der Waals surface area contributed by atoms with Gasteiger partial charge >= 0.3 is 0 Å². The smallest absolute Gasteiger partial charge is 0.122 e. The van der Waals surface area contributed by atoms with E-state index in [4.69, 9.17) is 9.47 Å². The highest BCUT2D eigenvalue weighted by Gasteiger charge is 2.41. The van der Waals surface area contributed by atoms with Gasteiger partial charge in [-0.2, -0.15) is 0 Å². The van der Waals surface area contributed by atoms with Gasteiger partial charge in [-0.05, 0) is 44.9 Å². The highest BCUT2D eigenvalue weighted by Crippen LogP contribution is 2.38. The quantitative estimate of drug-likeness (QED) is 0.905. The summed E-state index contributed by atoms with van der Waals surface area (Å²) in [5, 5.41) is 10.2. The number of aliphatic hydroxyl groups excluding tert-OH is 1. The first-order valence-corrected chi connectivity index (χ1v) is 8.25. The van der Waals surface area contributed by atoms with Crippen LogP contribution in [0.4, 0.5) is 0 Å². The Bertz CT molecular complexity index is 511. The van der Waals surface area contributed by atoms with Gasteiger partial charge in [0.05, 0.1) is 6.61 Å². The first kappa shape index (κ1) is 15.8. The molecule has 0 saturated carbocycles. The van der Waals surface area contributed by atoms with Crippen molar-refractivity contribution in [1.29, 1.82) is 0 Å². The molecule has 4 heteroatoms. The van der Waals surface area contributed by atoms with Gasteiger partial charge in [-0.25, -0.2) is 0 Å². The number of hydrogen-bond acceptors (Lipinski definition) is 4. The molecule has 3 rings (SSSR count). The van der Waals surface area contributed by atoms with Crippen LogP contribution in [0.2, 0.25) is 0 Å². The van der Waals surface area contributed by atoms with Crippen LogP contribution in [0.5, 0.6) is 5.75 Å². The molecular weight excluding hydrogens is 278 g/mol. The van der Waals surface area contributed by atoms with Crippen LogP contribution in [0.25, 0.3) is 0 Å². The van der Waals surface area contributed by atoms with Gasteiger partial charge < -0.3 is 14.6 Å². The summed E-state index contributed by atoms with van der Waals surface area (Å²) in [7, 11) is 0. The van der Waals surface area contributed by atoms with Crippen molar-refractivity contribution in [2.24, 2.45) is 5.41 Å². The molecular formula is C18H27NO3. The topological polar surface area (TPSA) is 41.9 Å². The normalized spacial score (nSPS) is 26.7. The number of nitrogens with zero attached hydrogens (tertiary/aromatic N) is 1. The van der Waals surface area contributed by atoms with Crippen molar-refractivity contribution < 1.29 is 14.6 Å². The second-order valence-corrected chi connectivity index (χ2v) is 7.02. The Morgan fingerprint density at radius 1 is 1.36 bits per heavy atom. The zero-order chi connectivity index (χ0) is 15.6. The predicted molar refractivity (Wildman–Crippen MR) is 86.3 cm³/mol. The Morgan fingerprint density at radius 3 is 2.95 bits per heavy atom. The van der Waals surface area contributed by atoms with E-state index in [9.17, 15) is 5.11 Å². The summed E-state index contributed by atoms with van der Waals surface area (Å²) in [5.41, 5.74) is 2.70. The molecule has 2 saturated heterocycles. The lowest BCUT2D eigenvalue weighted by atomic mass is 9.87. The molecule has 1 aromatic carbocycles. The highest BCUT2D eigenvalue weighted by atomic mass is 16.5. The SMILES string of the molecule is Cc1ccc(OCC(O)CN2CCC3(CCOC3)C2)c(C)c1. The molecule has 4 nitrogen and oxygen atoms in total. The van der Waals surface area contributed by atoms with Crippen LogP contribution in [0, 0.1) is 19.3 Å². The van der Waals surface area contributed by atoms with E-state index in [2.05, 4.69) is 17.9 Å². The van der Waals surface area contributed by atoms with Gasteiger partial charge in [-0.15, -0.1) is 0 Å². The van der Waals surface area contributed by atoms with E-state index in [1.807, 2.05) is 19.1 Å². The van der Waals surface area contributed by atoms with Crippen molar-refractivity contribution in [3.8, 4) is 5.75 Å². The molecule has 2 fully saturated rings. The van der Waals surface area contributed by atoms with Gasteiger partial charge in [0.1, 0.15) is 18.5 Å². The standard InChI is InChI=1S/C18H27NO3/c1-14-3-4-17(15(2)9-14)22-11-16(20)10-19-7-5-18(12-19)6-8-21-13-18/h3-4,9,16,20H,5-8,10-13H2,1-2H3. The van der Waals surface area contributed by atoms with Crippen LogP contribution < -0.4 is 4.74 Å². The number of likely N-dealkylation sites (tertiary alicyclic amines) is 1. The largest absolute Gasteiger partial charge is 0.491 e. The maximum absolute atomic E-state index is 10.2. The first-order valence-electron chi connectivity index (χ1n) is 8.25. The fourth-order valence-electron chi connectivity index (χ4n) is 3.65. The number of aryl methyl sites for hydroxylation is 2. The van der Waals surface area contributed by atoms with Crippen molar-refractivity contribution in [1.82, 2.24) is 4.90 Å². The molecule has 1 N–H and O–H groups in total. The number of rotatable bonds is 5. The van der Waals surface area contributed by atoms with E-state index in [0.717, 1.165) is 37.6 Å². The van der Waals surface area contributed by atoms with Crippen LogP contribution in [0.1, 0.15) is 24.0 Å². The van der Waals surface area contributed by atoms with Gasteiger partial charge in [0.25, 0.3) is 0 Å². The van der Waals surface area contributed by atoms with E-state index in [0.29, 0.717) is 18.6 Å². The Morgan fingerprint density at radius 2 is 2.23 bits per heavy atom. The molecule has 2 aliphatic heterocycles. The predicted octanol–water partition coefficient (Wildman–Crippen LogP) is 2.16. The zero-order valence-electron chi connectivity index (χ0n) is 13.7. The lowest BCUT2D eigenvalue weighted by Crippen LogP contribution is -2.36. The van der Waals surface area contributed by atoms with E-state index in [1.165, 1.54) is 18.4 Å². The average molecular weight is 305 g/mol. The lowest BCUT2D eigenvalue weighted by molar-refractivity contribution is 0.0702. The summed E-state index contributed by atoms with van der Waals surface area (Å²) in [6.07, 6.45) is 1.91. The van der Waals surface area contributed by atoms with E-state index >= 15 is 0 Å². The number of aliphatic hydroxyl groups is 1. The van der Waals surface area contributed by atoms with Crippen molar-refractivity contribution in [3.05, 3.63) is 29.3 Å². The Kier molecular flexibility index (Phi) is 4.71. The molecule has 122 valence electrons. The molecule has 0 radical (unpaired) electrons. The van der Waals surface area contributed by atoms with Gasteiger partial charge in [0, 0.05) is 25.1 Å². The molecule has 0 aliphatic carbocycles. The molecule has 2 unspecified atom stereocenters. The second kappa shape index (κ2) is 6.57.